The monoisotopic (exact) mass is 243 g/mol. The molecule has 1 aromatic rings. The first kappa shape index (κ1) is 14.1. The van der Waals surface area contributed by atoms with Crippen molar-refractivity contribution in [3.63, 3.8) is 0 Å². The van der Waals surface area contributed by atoms with E-state index in [9.17, 15) is 8.78 Å². The molecule has 0 aliphatic rings. The zero-order chi connectivity index (χ0) is 12.7. The van der Waals surface area contributed by atoms with E-state index in [2.05, 4.69) is 19.2 Å². The van der Waals surface area contributed by atoms with Crippen LogP contribution in [0.15, 0.2) is 18.2 Å². The van der Waals surface area contributed by atoms with Crippen LogP contribution in [-0.4, -0.2) is 19.8 Å². The Kier molecular flexibility index (Phi) is 6.08. The van der Waals surface area contributed by atoms with Gasteiger partial charge in [-0.15, -0.1) is 0 Å². The second-order valence-electron chi connectivity index (χ2n) is 4.36. The molecule has 0 unspecified atom stereocenters. The van der Waals surface area contributed by atoms with Crippen molar-refractivity contribution in [2.75, 3.05) is 19.8 Å². The maximum Gasteiger partial charge on any atom is 0.163 e. The number of hydrogen-bond donors (Lipinski definition) is 1. The lowest BCUT2D eigenvalue weighted by atomic mass is 10.2. The fourth-order valence-corrected chi connectivity index (χ4v) is 1.37. The molecule has 96 valence electrons. The van der Waals surface area contributed by atoms with Gasteiger partial charge in [-0.05, 0) is 12.0 Å². The number of ether oxygens (including phenoxy) is 1. The van der Waals surface area contributed by atoms with Gasteiger partial charge in [0.05, 0.1) is 6.61 Å². The molecule has 1 rings (SSSR count). The molecule has 1 N–H and O–H groups in total. The molecule has 4 heteroatoms. The van der Waals surface area contributed by atoms with Gasteiger partial charge in [0, 0.05) is 25.3 Å². The highest BCUT2D eigenvalue weighted by Gasteiger charge is 2.06. The summed E-state index contributed by atoms with van der Waals surface area (Å²) in [6.07, 6.45) is 0. The van der Waals surface area contributed by atoms with E-state index in [-0.39, 0.29) is 0 Å². The predicted octanol–water partition coefficient (Wildman–Crippen LogP) is 2.73. The summed E-state index contributed by atoms with van der Waals surface area (Å²) in [6.45, 7) is 6.40. The Hall–Kier alpha value is -1.00. The Morgan fingerprint density at radius 2 is 2.06 bits per heavy atom. The van der Waals surface area contributed by atoms with Crippen LogP contribution >= 0.6 is 0 Å². The van der Waals surface area contributed by atoms with Crippen LogP contribution in [0.5, 0.6) is 0 Å². The van der Waals surface area contributed by atoms with Crippen LogP contribution in [0.25, 0.3) is 0 Å². The van der Waals surface area contributed by atoms with E-state index in [1.54, 1.807) is 6.07 Å². The van der Waals surface area contributed by atoms with Crippen LogP contribution < -0.4 is 5.32 Å². The zero-order valence-corrected chi connectivity index (χ0v) is 10.3. The molecule has 0 fully saturated rings. The van der Waals surface area contributed by atoms with Crippen LogP contribution in [0.4, 0.5) is 8.78 Å². The molecule has 0 heterocycles. The van der Waals surface area contributed by atoms with Crippen molar-refractivity contribution in [1.82, 2.24) is 5.32 Å². The first-order chi connectivity index (χ1) is 8.11. The summed E-state index contributed by atoms with van der Waals surface area (Å²) in [5, 5.41) is 3.01. The van der Waals surface area contributed by atoms with Crippen LogP contribution in [0.2, 0.25) is 0 Å². The molecule has 0 amide bonds. The molecule has 0 bridgehead atoms. The van der Waals surface area contributed by atoms with Gasteiger partial charge in [-0.1, -0.05) is 26.0 Å². The standard InChI is InChI=1S/C13H19F2NO/c1-10(2)9-17-7-6-16-8-11-4-3-5-12(14)13(11)15/h3-5,10,16H,6-9H2,1-2H3. The third kappa shape index (κ3) is 5.24. The van der Waals surface area contributed by atoms with Crippen LogP contribution in [0.1, 0.15) is 19.4 Å². The van der Waals surface area contributed by atoms with Crippen molar-refractivity contribution >= 4 is 0 Å². The minimum Gasteiger partial charge on any atom is -0.380 e. The number of halogens is 2. The average Bonchev–Trinajstić information content (AvgIpc) is 2.28. The third-order valence-corrected chi connectivity index (χ3v) is 2.22. The Morgan fingerprint density at radius 1 is 1.29 bits per heavy atom. The van der Waals surface area contributed by atoms with Crippen LogP contribution in [0, 0.1) is 17.6 Å². The van der Waals surface area contributed by atoms with E-state index in [1.807, 2.05) is 0 Å². The number of nitrogens with one attached hydrogen (secondary N) is 1. The number of hydrogen-bond acceptors (Lipinski definition) is 2. The highest BCUT2D eigenvalue weighted by atomic mass is 19.2. The van der Waals surface area contributed by atoms with Gasteiger partial charge in [-0.25, -0.2) is 8.78 Å². The Balaban J connectivity index is 2.20. The summed E-state index contributed by atoms with van der Waals surface area (Å²) in [5.41, 5.74) is 0.342. The van der Waals surface area contributed by atoms with Gasteiger partial charge in [0.15, 0.2) is 11.6 Å². The number of benzene rings is 1. The van der Waals surface area contributed by atoms with Crippen molar-refractivity contribution in [2.45, 2.75) is 20.4 Å². The van der Waals surface area contributed by atoms with Crippen molar-refractivity contribution in [3.8, 4) is 0 Å². The molecule has 0 aliphatic heterocycles. The summed E-state index contributed by atoms with van der Waals surface area (Å²) >= 11 is 0. The van der Waals surface area contributed by atoms with E-state index in [0.717, 1.165) is 12.7 Å². The summed E-state index contributed by atoms with van der Waals surface area (Å²) in [5.74, 6) is -1.07. The minimum absolute atomic E-state index is 0.314. The number of rotatable bonds is 7. The normalized spacial score (nSPS) is 11.1. The summed E-state index contributed by atoms with van der Waals surface area (Å²) in [7, 11) is 0. The lowest BCUT2D eigenvalue weighted by Crippen LogP contribution is -2.21. The smallest absolute Gasteiger partial charge is 0.163 e. The SMILES string of the molecule is CC(C)COCCNCc1cccc(F)c1F. The van der Waals surface area contributed by atoms with Gasteiger partial charge in [0.2, 0.25) is 0 Å². The second-order valence-corrected chi connectivity index (χ2v) is 4.36. The van der Waals surface area contributed by atoms with Gasteiger partial charge in [0.1, 0.15) is 0 Å². The van der Waals surface area contributed by atoms with Gasteiger partial charge in [-0.3, -0.25) is 0 Å². The molecule has 2 nitrogen and oxygen atoms in total. The van der Waals surface area contributed by atoms with Gasteiger partial charge in [-0.2, -0.15) is 0 Å². The minimum atomic E-state index is -0.805. The largest absolute Gasteiger partial charge is 0.380 e. The highest BCUT2D eigenvalue weighted by Crippen LogP contribution is 2.10. The Bertz CT molecular complexity index is 342. The van der Waals surface area contributed by atoms with E-state index in [0.29, 0.717) is 31.2 Å². The van der Waals surface area contributed by atoms with E-state index in [1.165, 1.54) is 6.07 Å². The molecule has 1 aromatic carbocycles. The maximum atomic E-state index is 13.2. The summed E-state index contributed by atoms with van der Waals surface area (Å²) in [6, 6.07) is 4.19. The van der Waals surface area contributed by atoms with Gasteiger partial charge < -0.3 is 10.1 Å². The Labute approximate surface area is 101 Å². The molecular weight excluding hydrogens is 224 g/mol. The van der Waals surface area contributed by atoms with Crippen molar-refractivity contribution in [3.05, 3.63) is 35.4 Å². The molecule has 0 spiro atoms. The summed E-state index contributed by atoms with van der Waals surface area (Å²) in [4.78, 5) is 0. The molecule has 17 heavy (non-hydrogen) atoms. The lowest BCUT2D eigenvalue weighted by Gasteiger charge is -2.08. The van der Waals surface area contributed by atoms with Crippen molar-refractivity contribution in [2.24, 2.45) is 5.92 Å². The summed E-state index contributed by atoms with van der Waals surface area (Å²) < 4.78 is 31.5. The third-order valence-electron chi connectivity index (χ3n) is 2.22. The predicted molar refractivity (Wildman–Crippen MR) is 63.7 cm³/mol. The second kappa shape index (κ2) is 7.35. The first-order valence-corrected chi connectivity index (χ1v) is 5.82. The lowest BCUT2D eigenvalue weighted by molar-refractivity contribution is 0.111. The molecule has 0 radical (unpaired) electrons. The van der Waals surface area contributed by atoms with Crippen molar-refractivity contribution < 1.29 is 13.5 Å². The van der Waals surface area contributed by atoms with Crippen LogP contribution in [0.3, 0.4) is 0 Å². The van der Waals surface area contributed by atoms with Crippen molar-refractivity contribution in [1.29, 1.82) is 0 Å². The van der Waals surface area contributed by atoms with E-state index < -0.39 is 11.6 Å². The molecule has 0 aliphatic carbocycles. The van der Waals surface area contributed by atoms with E-state index >= 15 is 0 Å². The van der Waals surface area contributed by atoms with Crippen LogP contribution in [-0.2, 0) is 11.3 Å². The molecule has 0 saturated carbocycles. The first-order valence-electron chi connectivity index (χ1n) is 5.82. The molecule has 0 atom stereocenters. The molecule has 0 saturated heterocycles. The molecular formula is C13H19F2NO. The quantitative estimate of drug-likeness (QED) is 0.743. The maximum absolute atomic E-state index is 13.2. The van der Waals surface area contributed by atoms with E-state index in [4.69, 9.17) is 4.74 Å². The fourth-order valence-electron chi connectivity index (χ4n) is 1.37. The molecule has 0 aromatic heterocycles. The zero-order valence-electron chi connectivity index (χ0n) is 10.3. The fraction of sp³-hybridized carbons (Fsp3) is 0.538. The Morgan fingerprint density at radius 3 is 2.76 bits per heavy atom. The topological polar surface area (TPSA) is 21.3 Å². The van der Waals surface area contributed by atoms with Gasteiger partial charge >= 0.3 is 0 Å². The van der Waals surface area contributed by atoms with Gasteiger partial charge in [0.25, 0.3) is 0 Å². The highest BCUT2D eigenvalue weighted by molar-refractivity contribution is 5.18. The average molecular weight is 243 g/mol.